The molecular weight excluding hydrogens is 233 g/mol. The van der Waals surface area contributed by atoms with Crippen molar-refractivity contribution in [1.29, 1.82) is 0 Å². The molecule has 0 fully saturated rings. The number of hydrogen-bond donors (Lipinski definition) is 1. The molecule has 1 aromatic carbocycles. The number of halogens is 1. The maximum absolute atomic E-state index is 13.3. The minimum atomic E-state index is -0.240. The van der Waals surface area contributed by atoms with Crippen LogP contribution in [0.5, 0.6) is 0 Å². The van der Waals surface area contributed by atoms with E-state index in [4.69, 9.17) is 5.73 Å². The van der Waals surface area contributed by atoms with E-state index in [-0.39, 0.29) is 11.9 Å². The third-order valence-electron chi connectivity index (χ3n) is 2.99. The Morgan fingerprint density at radius 1 is 1.12 bits per heavy atom. The number of rotatable bonds is 2. The summed E-state index contributed by atoms with van der Waals surface area (Å²) in [4.78, 5) is 2.45. The van der Waals surface area contributed by atoms with Crippen LogP contribution in [0.15, 0.2) is 24.3 Å². The number of hydrogen-bond acceptors (Lipinski definition) is 2. The van der Waals surface area contributed by atoms with Crippen LogP contribution in [0, 0.1) is 26.6 Å². The van der Waals surface area contributed by atoms with Crippen LogP contribution in [-0.2, 0) is 0 Å². The van der Waals surface area contributed by atoms with Gasteiger partial charge in [0.25, 0.3) is 0 Å². The zero-order chi connectivity index (χ0) is 12.6. The normalized spacial score (nSPS) is 12.8. The fraction of sp³-hybridized carbons (Fsp3) is 0.286. The highest BCUT2D eigenvalue weighted by molar-refractivity contribution is 7.12. The summed E-state index contributed by atoms with van der Waals surface area (Å²) in [5.41, 5.74) is 9.23. The van der Waals surface area contributed by atoms with Crippen LogP contribution >= 0.6 is 11.3 Å². The molecule has 1 heterocycles. The van der Waals surface area contributed by atoms with E-state index in [2.05, 4.69) is 19.9 Å². The second kappa shape index (κ2) is 4.59. The summed E-state index contributed by atoms with van der Waals surface area (Å²) in [5, 5.41) is 0. The summed E-state index contributed by atoms with van der Waals surface area (Å²) in [6.07, 6.45) is 0. The Morgan fingerprint density at radius 3 is 2.41 bits per heavy atom. The lowest BCUT2D eigenvalue weighted by molar-refractivity contribution is 0.622. The average molecular weight is 249 g/mol. The first-order valence-electron chi connectivity index (χ1n) is 5.57. The van der Waals surface area contributed by atoms with E-state index in [0.29, 0.717) is 0 Å². The third-order valence-corrected chi connectivity index (χ3v) is 3.97. The van der Waals surface area contributed by atoms with E-state index in [9.17, 15) is 4.39 Å². The van der Waals surface area contributed by atoms with E-state index >= 15 is 0 Å². The molecule has 17 heavy (non-hydrogen) atoms. The van der Waals surface area contributed by atoms with Gasteiger partial charge in [-0.15, -0.1) is 11.3 Å². The smallest absolute Gasteiger partial charge is 0.123 e. The van der Waals surface area contributed by atoms with Gasteiger partial charge in [0.05, 0.1) is 6.04 Å². The number of benzene rings is 1. The molecular formula is C14H16FNS. The Labute approximate surface area is 105 Å². The van der Waals surface area contributed by atoms with Crippen molar-refractivity contribution in [3.05, 3.63) is 56.5 Å². The van der Waals surface area contributed by atoms with Gasteiger partial charge in [0.15, 0.2) is 0 Å². The molecule has 1 aromatic heterocycles. The predicted octanol–water partition coefficient (Wildman–Crippen LogP) is 3.86. The van der Waals surface area contributed by atoms with Gasteiger partial charge in [0.2, 0.25) is 0 Å². The average Bonchev–Trinajstić information content (AvgIpc) is 2.60. The molecule has 1 unspecified atom stereocenters. The van der Waals surface area contributed by atoms with E-state index in [1.54, 1.807) is 17.4 Å². The van der Waals surface area contributed by atoms with Crippen molar-refractivity contribution in [3.8, 4) is 0 Å². The molecule has 2 rings (SSSR count). The lowest BCUT2D eigenvalue weighted by Gasteiger charge is -2.15. The molecule has 0 aliphatic carbocycles. The minimum absolute atomic E-state index is 0.231. The second-order valence-electron chi connectivity index (χ2n) is 4.35. The fourth-order valence-electron chi connectivity index (χ4n) is 2.07. The van der Waals surface area contributed by atoms with E-state index in [0.717, 1.165) is 16.7 Å². The van der Waals surface area contributed by atoms with Crippen LogP contribution in [-0.4, -0.2) is 0 Å². The highest BCUT2D eigenvalue weighted by Gasteiger charge is 2.16. The summed E-state index contributed by atoms with van der Waals surface area (Å²) in [7, 11) is 0. The Morgan fingerprint density at radius 2 is 1.82 bits per heavy atom. The number of nitrogens with two attached hydrogens (primary N) is 1. The molecule has 1 atom stereocenters. The highest BCUT2D eigenvalue weighted by Crippen LogP contribution is 2.30. The van der Waals surface area contributed by atoms with E-state index < -0.39 is 0 Å². The minimum Gasteiger partial charge on any atom is -0.320 e. The largest absolute Gasteiger partial charge is 0.320 e. The first kappa shape index (κ1) is 12.3. The maximum atomic E-state index is 13.3. The van der Waals surface area contributed by atoms with Crippen LogP contribution in [0.2, 0.25) is 0 Å². The van der Waals surface area contributed by atoms with Crippen molar-refractivity contribution < 1.29 is 4.39 Å². The van der Waals surface area contributed by atoms with Crippen molar-refractivity contribution in [2.75, 3.05) is 0 Å². The zero-order valence-electron chi connectivity index (χ0n) is 10.3. The van der Waals surface area contributed by atoms with Gasteiger partial charge >= 0.3 is 0 Å². The van der Waals surface area contributed by atoms with E-state index in [1.807, 2.05) is 6.92 Å². The van der Waals surface area contributed by atoms with Gasteiger partial charge in [0, 0.05) is 9.75 Å². The number of thiophene rings is 1. The van der Waals surface area contributed by atoms with Gasteiger partial charge in [-0.3, -0.25) is 0 Å². The number of aryl methyl sites for hydroxylation is 3. The lowest BCUT2D eigenvalue weighted by Crippen LogP contribution is -2.13. The SMILES string of the molecule is Cc1cc(C(N)c2cc(F)ccc2C)c(C)s1. The second-order valence-corrected chi connectivity index (χ2v) is 5.81. The van der Waals surface area contributed by atoms with Crippen LogP contribution in [0.4, 0.5) is 4.39 Å². The van der Waals surface area contributed by atoms with Crippen molar-refractivity contribution in [3.63, 3.8) is 0 Å². The van der Waals surface area contributed by atoms with E-state index in [1.165, 1.54) is 21.9 Å². The van der Waals surface area contributed by atoms with Crippen molar-refractivity contribution >= 4 is 11.3 Å². The maximum Gasteiger partial charge on any atom is 0.123 e. The summed E-state index contributed by atoms with van der Waals surface area (Å²) in [6, 6.07) is 6.63. The standard InChI is InChI=1S/C14H16FNS/c1-8-4-5-11(15)7-12(8)14(16)13-6-9(2)17-10(13)3/h4-7,14H,16H2,1-3H3. The monoisotopic (exact) mass is 249 g/mol. The molecule has 0 radical (unpaired) electrons. The lowest BCUT2D eigenvalue weighted by atomic mass is 9.96. The Balaban J connectivity index is 2.46. The Hall–Kier alpha value is -1.19. The van der Waals surface area contributed by atoms with Crippen molar-refractivity contribution in [1.82, 2.24) is 0 Å². The molecule has 0 aliphatic rings. The van der Waals surface area contributed by atoms with Gasteiger partial charge in [-0.25, -0.2) is 4.39 Å². The molecule has 1 nitrogen and oxygen atoms in total. The first-order chi connectivity index (χ1) is 7.99. The molecule has 0 saturated heterocycles. The summed E-state index contributed by atoms with van der Waals surface area (Å²) in [5.74, 6) is -0.231. The summed E-state index contributed by atoms with van der Waals surface area (Å²) in [6.45, 7) is 6.08. The summed E-state index contributed by atoms with van der Waals surface area (Å²) >= 11 is 1.73. The zero-order valence-corrected chi connectivity index (χ0v) is 11.1. The quantitative estimate of drug-likeness (QED) is 0.859. The summed E-state index contributed by atoms with van der Waals surface area (Å²) < 4.78 is 13.3. The molecule has 0 saturated carbocycles. The van der Waals surface area contributed by atoms with Crippen molar-refractivity contribution in [2.45, 2.75) is 26.8 Å². The first-order valence-corrected chi connectivity index (χ1v) is 6.39. The van der Waals surface area contributed by atoms with Crippen LogP contribution < -0.4 is 5.73 Å². The van der Waals surface area contributed by atoms with Crippen molar-refractivity contribution in [2.24, 2.45) is 5.73 Å². The molecule has 2 aromatic rings. The molecule has 0 aliphatic heterocycles. The van der Waals surface area contributed by atoms with Crippen LogP contribution in [0.3, 0.4) is 0 Å². The molecule has 3 heteroatoms. The molecule has 0 bridgehead atoms. The molecule has 0 spiro atoms. The fourth-order valence-corrected chi connectivity index (χ4v) is 3.05. The molecule has 90 valence electrons. The Kier molecular flexibility index (Phi) is 3.31. The third kappa shape index (κ3) is 2.40. The van der Waals surface area contributed by atoms with Crippen LogP contribution in [0.1, 0.15) is 32.5 Å². The topological polar surface area (TPSA) is 26.0 Å². The highest BCUT2D eigenvalue weighted by atomic mass is 32.1. The van der Waals surface area contributed by atoms with Gasteiger partial charge < -0.3 is 5.73 Å². The molecule has 2 N–H and O–H groups in total. The van der Waals surface area contributed by atoms with Gasteiger partial charge in [-0.1, -0.05) is 6.07 Å². The van der Waals surface area contributed by atoms with Gasteiger partial charge in [0.1, 0.15) is 5.82 Å². The van der Waals surface area contributed by atoms with Crippen LogP contribution in [0.25, 0.3) is 0 Å². The van der Waals surface area contributed by atoms with Gasteiger partial charge in [-0.2, -0.15) is 0 Å². The Bertz CT molecular complexity index is 545. The van der Waals surface area contributed by atoms with Gasteiger partial charge in [-0.05, 0) is 55.7 Å². The molecule has 0 amide bonds. The predicted molar refractivity (Wildman–Crippen MR) is 71.0 cm³/mol.